The summed E-state index contributed by atoms with van der Waals surface area (Å²) in [6.07, 6.45) is 0. The molecule has 1 fully saturated rings. The van der Waals surface area contributed by atoms with Crippen LogP contribution in [0.5, 0.6) is 0 Å². The predicted octanol–water partition coefficient (Wildman–Crippen LogP) is 4.07. The molecule has 0 atom stereocenters. The van der Waals surface area contributed by atoms with Crippen molar-refractivity contribution in [3.8, 4) is 0 Å². The molecule has 2 aromatic carbocycles. The van der Waals surface area contributed by atoms with Gasteiger partial charge in [0.1, 0.15) is 0 Å². The molecular weight excluding hydrogens is 342 g/mol. The van der Waals surface area contributed by atoms with E-state index in [1.54, 1.807) is 0 Å². The summed E-state index contributed by atoms with van der Waals surface area (Å²) in [4.78, 5) is 14.7. The number of hydrogen-bond acceptors (Lipinski definition) is 3. The van der Waals surface area contributed by atoms with Crippen molar-refractivity contribution in [3.63, 3.8) is 0 Å². The molecule has 0 aliphatic carbocycles. The van der Waals surface area contributed by atoms with Crippen molar-refractivity contribution < 1.29 is 13.6 Å². The summed E-state index contributed by atoms with van der Waals surface area (Å²) in [5.41, 5.74) is 2.95. The van der Waals surface area contributed by atoms with Crippen LogP contribution in [0.4, 0.5) is 14.5 Å². The Morgan fingerprint density at radius 2 is 1.92 bits per heavy atom. The smallest absolute Gasteiger partial charge is 0.255 e. The monoisotopic (exact) mass is 362 g/mol. The van der Waals surface area contributed by atoms with Crippen LogP contribution in [-0.2, 0) is 6.54 Å². The van der Waals surface area contributed by atoms with Crippen LogP contribution >= 0.6 is 11.8 Å². The van der Waals surface area contributed by atoms with Crippen LogP contribution in [0.2, 0.25) is 0 Å². The van der Waals surface area contributed by atoms with Crippen molar-refractivity contribution in [2.75, 3.05) is 29.9 Å². The largest absolute Gasteiger partial charge is 0.322 e. The highest BCUT2D eigenvalue weighted by molar-refractivity contribution is 7.99. The van der Waals surface area contributed by atoms with Gasteiger partial charge in [-0.05, 0) is 42.3 Å². The van der Waals surface area contributed by atoms with Gasteiger partial charge in [-0.15, -0.1) is 0 Å². The summed E-state index contributed by atoms with van der Waals surface area (Å²) >= 11 is 1.97. The van der Waals surface area contributed by atoms with Gasteiger partial charge in [-0.3, -0.25) is 9.69 Å². The van der Waals surface area contributed by atoms with E-state index in [4.69, 9.17) is 0 Å². The fourth-order valence-corrected chi connectivity index (χ4v) is 3.80. The quantitative estimate of drug-likeness (QED) is 0.890. The maximum Gasteiger partial charge on any atom is 0.255 e. The number of carbonyl (C=O) groups excluding carboxylic acids is 1. The summed E-state index contributed by atoms with van der Waals surface area (Å²) in [5.74, 6) is -0.152. The molecular formula is C19H20F2N2OS. The summed E-state index contributed by atoms with van der Waals surface area (Å²) in [6.45, 7) is 4.95. The lowest BCUT2D eigenvalue weighted by molar-refractivity contribution is 0.102. The number of nitrogens with one attached hydrogen (secondary N) is 1. The molecule has 0 bridgehead atoms. The Balaban J connectivity index is 1.74. The minimum atomic E-state index is -1.03. The Morgan fingerprint density at radius 1 is 1.16 bits per heavy atom. The van der Waals surface area contributed by atoms with Gasteiger partial charge >= 0.3 is 0 Å². The Hall–Kier alpha value is -1.92. The van der Waals surface area contributed by atoms with E-state index in [9.17, 15) is 13.6 Å². The highest BCUT2D eigenvalue weighted by atomic mass is 32.2. The highest BCUT2D eigenvalue weighted by Crippen LogP contribution is 2.22. The van der Waals surface area contributed by atoms with Crippen molar-refractivity contribution in [1.82, 2.24) is 4.90 Å². The number of carbonyl (C=O) groups is 1. The first kappa shape index (κ1) is 17.9. The summed E-state index contributed by atoms with van der Waals surface area (Å²) in [5, 5.41) is 2.80. The van der Waals surface area contributed by atoms with Crippen LogP contribution in [0.25, 0.3) is 0 Å². The molecule has 0 radical (unpaired) electrons. The molecule has 1 heterocycles. The van der Waals surface area contributed by atoms with Crippen LogP contribution < -0.4 is 5.32 Å². The number of amides is 1. The molecule has 0 spiro atoms. The van der Waals surface area contributed by atoms with Crippen molar-refractivity contribution in [2.45, 2.75) is 13.5 Å². The number of rotatable bonds is 4. The average Bonchev–Trinajstić information content (AvgIpc) is 2.61. The number of hydrogen-bond donors (Lipinski definition) is 1. The zero-order chi connectivity index (χ0) is 17.8. The van der Waals surface area contributed by atoms with E-state index in [2.05, 4.69) is 16.3 Å². The lowest BCUT2D eigenvalue weighted by Crippen LogP contribution is -2.32. The third-order valence-corrected chi connectivity index (χ3v) is 5.32. The standard InChI is InChI=1S/C19H20F2N2OS/c1-13-15(12-23-7-9-25-10-8-23)3-2-4-18(13)22-19(24)14-5-6-16(20)17(21)11-14/h2-6,11H,7-10,12H2,1H3,(H,22,24). The van der Waals surface area contributed by atoms with Gasteiger partial charge in [0.25, 0.3) is 5.91 Å². The molecule has 0 unspecified atom stereocenters. The van der Waals surface area contributed by atoms with Gasteiger partial charge < -0.3 is 5.32 Å². The molecule has 0 saturated carbocycles. The Kier molecular flexibility index (Phi) is 5.71. The molecule has 132 valence electrons. The van der Waals surface area contributed by atoms with E-state index < -0.39 is 17.5 Å². The number of thioether (sulfide) groups is 1. The lowest BCUT2D eigenvalue weighted by atomic mass is 10.1. The normalized spacial score (nSPS) is 15.2. The van der Waals surface area contributed by atoms with Crippen molar-refractivity contribution in [2.24, 2.45) is 0 Å². The zero-order valence-electron chi connectivity index (χ0n) is 14.0. The maximum atomic E-state index is 13.3. The second kappa shape index (κ2) is 7.97. The molecule has 3 rings (SSSR count). The van der Waals surface area contributed by atoms with Crippen LogP contribution in [-0.4, -0.2) is 35.4 Å². The van der Waals surface area contributed by atoms with E-state index in [1.165, 1.54) is 6.07 Å². The molecule has 1 saturated heterocycles. The Labute approximate surface area is 150 Å². The first-order valence-corrected chi connectivity index (χ1v) is 9.35. The van der Waals surface area contributed by atoms with Gasteiger partial charge in [-0.25, -0.2) is 8.78 Å². The lowest BCUT2D eigenvalue weighted by Gasteiger charge is -2.27. The number of nitrogens with zero attached hydrogens (tertiary/aromatic N) is 1. The van der Waals surface area contributed by atoms with Gasteiger partial charge in [0, 0.05) is 42.4 Å². The summed E-state index contributed by atoms with van der Waals surface area (Å²) in [6, 6.07) is 8.93. The van der Waals surface area contributed by atoms with Crippen LogP contribution in [0, 0.1) is 18.6 Å². The predicted molar refractivity (Wildman–Crippen MR) is 98.1 cm³/mol. The second-order valence-corrected chi connectivity index (χ2v) is 7.29. The third-order valence-electron chi connectivity index (χ3n) is 4.37. The third kappa shape index (κ3) is 4.38. The average molecular weight is 362 g/mol. The van der Waals surface area contributed by atoms with E-state index in [1.807, 2.05) is 30.8 Å². The van der Waals surface area contributed by atoms with Crippen molar-refractivity contribution >= 4 is 23.4 Å². The zero-order valence-corrected chi connectivity index (χ0v) is 14.8. The first-order chi connectivity index (χ1) is 12.0. The summed E-state index contributed by atoms with van der Waals surface area (Å²) in [7, 11) is 0. The number of benzene rings is 2. The first-order valence-electron chi connectivity index (χ1n) is 8.19. The van der Waals surface area contributed by atoms with E-state index >= 15 is 0 Å². The topological polar surface area (TPSA) is 32.3 Å². The van der Waals surface area contributed by atoms with Crippen LogP contribution in [0.15, 0.2) is 36.4 Å². The Morgan fingerprint density at radius 3 is 2.64 bits per heavy atom. The molecule has 0 aromatic heterocycles. The molecule has 2 aromatic rings. The van der Waals surface area contributed by atoms with E-state index in [-0.39, 0.29) is 5.56 Å². The fourth-order valence-electron chi connectivity index (χ4n) is 2.82. The highest BCUT2D eigenvalue weighted by Gasteiger charge is 2.15. The van der Waals surface area contributed by atoms with E-state index in [0.717, 1.165) is 54.4 Å². The molecule has 3 nitrogen and oxygen atoms in total. The number of anilines is 1. The molecule has 25 heavy (non-hydrogen) atoms. The number of halogens is 2. The van der Waals surface area contributed by atoms with Crippen LogP contribution in [0.3, 0.4) is 0 Å². The van der Waals surface area contributed by atoms with Crippen molar-refractivity contribution in [3.05, 3.63) is 64.7 Å². The minimum Gasteiger partial charge on any atom is -0.322 e. The van der Waals surface area contributed by atoms with Gasteiger partial charge in [0.05, 0.1) is 0 Å². The Bertz CT molecular complexity index is 776. The van der Waals surface area contributed by atoms with Gasteiger partial charge in [-0.1, -0.05) is 12.1 Å². The molecule has 1 N–H and O–H groups in total. The summed E-state index contributed by atoms with van der Waals surface area (Å²) < 4.78 is 26.3. The van der Waals surface area contributed by atoms with Gasteiger partial charge in [0.15, 0.2) is 11.6 Å². The molecule has 1 aliphatic heterocycles. The maximum absolute atomic E-state index is 13.3. The minimum absolute atomic E-state index is 0.0942. The van der Waals surface area contributed by atoms with Crippen LogP contribution in [0.1, 0.15) is 21.5 Å². The molecule has 1 aliphatic rings. The van der Waals surface area contributed by atoms with Gasteiger partial charge in [-0.2, -0.15) is 11.8 Å². The second-order valence-electron chi connectivity index (χ2n) is 6.06. The SMILES string of the molecule is Cc1c(CN2CCSCC2)cccc1NC(=O)c1ccc(F)c(F)c1. The molecule has 1 amide bonds. The fraction of sp³-hybridized carbons (Fsp3) is 0.316. The molecule has 6 heteroatoms. The van der Waals surface area contributed by atoms with Crippen molar-refractivity contribution in [1.29, 1.82) is 0 Å². The van der Waals surface area contributed by atoms with E-state index in [0.29, 0.717) is 5.69 Å². The van der Waals surface area contributed by atoms with Gasteiger partial charge in [0.2, 0.25) is 0 Å².